The average molecular weight is 408 g/mol. The molecule has 142 valence electrons. The molecular formula is C20H10F2N4O2S. The van der Waals surface area contributed by atoms with Gasteiger partial charge in [-0.2, -0.15) is 10.2 Å². The molecule has 1 amide bonds. The number of anilines is 1. The molecule has 1 N–H and O–H groups in total. The molecule has 6 nitrogen and oxygen atoms in total. The molecule has 29 heavy (non-hydrogen) atoms. The zero-order valence-electron chi connectivity index (χ0n) is 14.5. The average Bonchev–Trinajstić information content (AvgIpc) is 3.37. The summed E-state index contributed by atoms with van der Waals surface area (Å²) in [6.45, 7) is 0. The molecule has 4 rings (SSSR count). The summed E-state index contributed by atoms with van der Waals surface area (Å²) in [6, 6.07) is 12.7. The SMILES string of the molecule is N#Cc1ccc(C(=O)Nc2ccsc2-c2nc(-c3ccc(F)cc3)no2)c(F)c1. The van der Waals surface area contributed by atoms with Gasteiger partial charge in [0.2, 0.25) is 5.82 Å². The van der Waals surface area contributed by atoms with Crippen molar-refractivity contribution in [3.8, 4) is 28.2 Å². The molecule has 0 atom stereocenters. The summed E-state index contributed by atoms with van der Waals surface area (Å²) in [6.07, 6.45) is 0. The minimum Gasteiger partial charge on any atom is -0.333 e. The van der Waals surface area contributed by atoms with E-state index in [1.165, 1.54) is 47.7 Å². The topological polar surface area (TPSA) is 91.8 Å². The van der Waals surface area contributed by atoms with Gasteiger partial charge in [0, 0.05) is 5.56 Å². The van der Waals surface area contributed by atoms with Crippen LogP contribution in [0.15, 0.2) is 58.4 Å². The van der Waals surface area contributed by atoms with Gasteiger partial charge >= 0.3 is 0 Å². The van der Waals surface area contributed by atoms with Gasteiger partial charge in [-0.3, -0.25) is 4.79 Å². The molecule has 2 aromatic heterocycles. The lowest BCUT2D eigenvalue weighted by molar-refractivity contribution is 0.102. The van der Waals surface area contributed by atoms with Gasteiger partial charge in [-0.05, 0) is 53.9 Å². The lowest BCUT2D eigenvalue weighted by atomic mass is 10.1. The van der Waals surface area contributed by atoms with E-state index in [0.717, 1.165) is 6.07 Å². The highest BCUT2D eigenvalue weighted by atomic mass is 32.1. The monoisotopic (exact) mass is 408 g/mol. The summed E-state index contributed by atoms with van der Waals surface area (Å²) in [7, 11) is 0. The Morgan fingerprint density at radius 1 is 1.14 bits per heavy atom. The fourth-order valence-corrected chi connectivity index (χ4v) is 3.33. The Hall–Kier alpha value is -3.90. The van der Waals surface area contributed by atoms with Crippen molar-refractivity contribution in [2.24, 2.45) is 0 Å². The highest BCUT2D eigenvalue weighted by Gasteiger charge is 2.19. The van der Waals surface area contributed by atoms with Crippen LogP contribution >= 0.6 is 11.3 Å². The molecule has 0 saturated heterocycles. The standard InChI is InChI=1S/C20H10F2N4O2S/c21-13-4-2-12(3-5-13)18-25-20(28-26-18)17-16(7-8-29-17)24-19(27)14-6-1-11(10-23)9-15(14)22/h1-9H,(H,24,27). The molecular weight excluding hydrogens is 398 g/mol. The first-order chi connectivity index (χ1) is 14.0. The lowest BCUT2D eigenvalue weighted by Crippen LogP contribution is -2.13. The van der Waals surface area contributed by atoms with E-state index in [2.05, 4.69) is 15.5 Å². The molecule has 0 aliphatic rings. The van der Waals surface area contributed by atoms with Gasteiger partial charge < -0.3 is 9.84 Å². The van der Waals surface area contributed by atoms with Crippen molar-refractivity contribution >= 4 is 22.9 Å². The number of hydrogen-bond donors (Lipinski definition) is 1. The third kappa shape index (κ3) is 3.74. The van der Waals surface area contributed by atoms with Crippen LogP contribution in [0.1, 0.15) is 15.9 Å². The van der Waals surface area contributed by atoms with Gasteiger partial charge in [-0.15, -0.1) is 11.3 Å². The molecule has 0 unspecified atom stereocenters. The summed E-state index contributed by atoms with van der Waals surface area (Å²) in [5.74, 6) is -1.42. The molecule has 0 aliphatic carbocycles. The summed E-state index contributed by atoms with van der Waals surface area (Å²) in [5, 5.41) is 17.0. The molecule has 2 aromatic carbocycles. The van der Waals surface area contributed by atoms with E-state index in [-0.39, 0.29) is 28.7 Å². The van der Waals surface area contributed by atoms with Crippen molar-refractivity contribution in [2.45, 2.75) is 0 Å². The number of benzene rings is 2. The number of aromatic nitrogens is 2. The highest BCUT2D eigenvalue weighted by molar-refractivity contribution is 7.14. The molecule has 0 fully saturated rings. The van der Waals surface area contributed by atoms with Crippen LogP contribution in [0.2, 0.25) is 0 Å². The number of hydrogen-bond acceptors (Lipinski definition) is 6. The lowest BCUT2D eigenvalue weighted by Gasteiger charge is -2.06. The third-order valence-corrected chi connectivity index (χ3v) is 4.88. The zero-order chi connectivity index (χ0) is 20.4. The number of thiophene rings is 1. The Kier molecular flexibility index (Phi) is 4.85. The molecule has 0 radical (unpaired) electrons. The van der Waals surface area contributed by atoms with Crippen LogP contribution in [-0.2, 0) is 0 Å². The summed E-state index contributed by atoms with van der Waals surface area (Å²) >= 11 is 1.25. The van der Waals surface area contributed by atoms with Crippen LogP contribution in [0.4, 0.5) is 14.5 Å². The number of nitriles is 1. The second-order valence-electron chi connectivity index (χ2n) is 5.85. The van der Waals surface area contributed by atoms with Gasteiger partial charge in [0.25, 0.3) is 11.8 Å². The number of nitrogens with one attached hydrogen (secondary N) is 1. The highest BCUT2D eigenvalue weighted by Crippen LogP contribution is 2.34. The van der Waals surface area contributed by atoms with Gasteiger partial charge in [0.15, 0.2) is 0 Å². The first-order valence-electron chi connectivity index (χ1n) is 8.23. The fraction of sp³-hybridized carbons (Fsp3) is 0. The molecule has 0 bridgehead atoms. The second kappa shape index (κ2) is 7.61. The molecule has 9 heteroatoms. The zero-order valence-corrected chi connectivity index (χ0v) is 15.3. The normalized spacial score (nSPS) is 10.5. The Morgan fingerprint density at radius 2 is 1.93 bits per heavy atom. The fourth-order valence-electron chi connectivity index (χ4n) is 2.56. The Labute approximate surface area is 167 Å². The van der Waals surface area contributed by atoms with Gasteiger partial charge in [0.05, 0.1) is 22.9 Å². The van der Waals surface area contributed by atoms with Crippen molar-refractivity contribution in [2.75, 3.05) is 5.32 Å². The summed E-state index contributed by atoms with van der Waals surface area (Å²) < 4.78 is 32.4. The molecule has 2 heterocycles. The molecule has 0 saturated carbocycles. The quantitative estimate of drug-likeness (QED) is 0.520. The maximum atomic E-state index is 14.1. The number of nitrogens with zero attached hydrogens (tertiary/aromatic N) is 3. The maximum Gasteiger partial charge on any atom is 0.270 e. The number of rotatable bonds is 4. The molecule has 0 aliphatic heterocycles. The van der Waals surface area contributed by atoms with Gasteiger partial charge in [0.1, 0.15) is 16.5 Å². The Morgan fingerprint density at radius 3 is 2.66 bits per heavy atom. The smallest absolute Gasteiger partial charge is 0.270 e. The summed E-state index contributed by atoms with van der Waals surface area (Å²) in [4.78, 5) is 17.2. The largest absolute Gasteiger partial charge is 0.333 e. The van der Waals surface area contributed by atoms with Crippen molar-refractivity contribution in [3.05, 3.63) is 76.7 Å². The first kappa shape index (κ1) is 18.5. The van der Waals surface area contributed by atoms with Crippen LogP contribution in [0, 0.1) is 23.0 Å². The van der Waals surface area contributed by atoms with Crippen LogP contribution < -0.4 is 5.32 Å². The van der Waals surface area contributed by atoms with E-state index in [1.54, 1.807) is 11.4 Å². The minimum atomic E-state index is -0.797. The van der Waals surface area contributed by atoms with Crippen molar-refractivity contribution in [3.63, 3.8) is 0 Å². The van der Waals surface area contributed by atoms with E-state index in [9.17, 15) is 13.6 Å². The maximum absolute atomic E-state index is 14.1. The van der Waals surface area contributed by atoms with Crippen LogP contribution in [0.25, 0.3) is 22.2 Å². The van der Waals surface area contributed by atoms with E-state index in [4.69, 9.17) is 9.78 Å². The number of amides is 1. The van der Waals surface area contributed by atoms with E-state index >= 15 is 0 Å². The third-order valence-electron chi connectivity index (χ3n) is 3.98. The summed E-state index contributed by atoms with van der Waals surface area (Å²) in [5.41, 5.74) is 0.870. The number of carbonyl (C=O) groups is 1. The van der Waals surface area contributed by atoms with Gasteiger partial charge in [-0.1, -0.05) is 5.16 Å². The van der Waals surface area contributed by atoms with E-state index in [0.29, 0.717) is 16.1 Å². The Balaban J connectivity index is 1.59. The predicted octanol–water partition coefficient (Wildman–Crippen LogP) is 4.87. The first-order valence-corrected chi connectivity index (χ1v) is 9.11. The van der Waals surface area contributed by atoms with Crippen LogP contribution in [0.3, 0.4) is 0 Å². The predicted molar refractivity (Wildman–Crippen MR) is 102 cm³/mol. The second-order valence-corrected chi connectivity index (χ2v) is 6.77. The van der Waals surface area contributed by atoms with E-state index < -0.39 is 11.7 Å². The molecule has 4 aromatic rings. The van der Waals surface area contributed by atoms with Crippen molar-refractivity contribution in [1.82, 2.24) is 10.1 Å². The number of halogens is 2. The Bertz CT molecular complexity index is 1240. The van der Waals surface area contributed by atoms with Crippen molar-refractivity contribution < 1.29 is 18.1 Å². The van der Waals surface area contributed by atoms with E-state index in [1.807, 2.05) is 6.07 Å². The van der Waals surface area contributed by atoms with Gasteiger partial charge in [-0.25, -0.2) is 8.78 Å². The minimum absolute atomic E-state index is 0.120. The number of carbonyl (C=O) groups excluding carboxylic acids is 1. The van der Waals surface area contributed by atoms with Crippen LogP contribution in [0.5, 0.6) is 0 Å². The van der Waals surface area contributed by atoms with Crippen molar-refractivity contribution in [1.29, 1.82) is 5.26 Å². The van der Waals surface area contributed by atoms with Crippen LogP contribution in [-0.4, -0.2) is 16.0 Å². The molecule has 0 spiro atoms.